The van der Waals surface area contributed by atoms with E-state index in [1.165, 1.54) is 36.9 Å². The average Bonchev–Trinajstić information content (AvgIpc) is 2.62. The van der Waals surface area contributed by atoms with Crippen LogP contribution in [-0.2, 0) is 6.42 Å². The molecule has 0 radical (unpaired) electrons. The molecule has 0 amide bonds. The molecule has 1 fully saturated rings. The number of rotatable bonds is 2. The van der Waals surface area contributed by atoms with Crippen molar-refractivity contribution in [2.75, 3.05) is 6.54 Å². The van der Waals surface area contributed by atoms with Crippen LogP contribution >= 0.6 is 0 Å². The van der Waals surface area contributed by atoms with Gasteiger partial charge in [-0.05, 0) is 38.3 Å². The summed E-state index contributed by atoms with van der Waals surface area (Å²) in [5.74, 6) is 0. The summed E-state index contributed by atoms with van der Waals surface area (Å²) in [6, 6.07) is 9.61. The zero-order valence-electron chi connectivity index (χ0n) is 8.22. The summed E-state index contributed by atoms with van der Waals surface area (Å²) in [6.07, 6.45) is 3.88. The second-order valence-corrected chi connectivity index (χ2v) is 3.98. The lowest BCUT2D eigenvalue weighted by molar-refractivity contribution is 0.603. The highest BCUT2D eigenvalue weighted by Crippen LogP contribution is 2.12. The number of aryl methyl sites for hydroxylation is 1. The summed E-state index contributed by atoms with van der Waals surface area (Å²) >= 11 is 0. The second-order valence-electron chi connectivity index (χ2n) is 3.98. The first-order valence-corrected chi connectivity index (χ1v) is 5.13. The molecule has 0 bridgehead atoms. The minimum atomic E-state index is 0.725. The predicted molar refractivity (Wildman–Crippen MR) is 55.9 cm³/mol. The average molecular weight is 175 g/mol. The van der Waals surface area contributed by atoms with Crippen molar-refractivity contribution in [3.63, 3.8) is 0 Å². The van der Waals surface area contributed by atoms with Gasteiger partial charge in [-0.3, -0.25) is 0 Å². The van der Waals surface area contributed by atoms with Crippen LogP contribution in [0.25, 0.3) is 0 Å². The van der Waals surface area contributed by atoms with Gasteiger partial charge in [0, 0.05) is 6.04 Å². The Kier molecular flexibility index (Phi) is 2.65. The van der Waals surface area contributed by atoms with Gasteiger partial charge in [0.15, 0.2) is 0 Å². The molecule has 1 heterocycles. The molecule has 1 aromatic rings. The van der Waals surface area contributed by atoms with E-state index in [-0.39, 0.29) is 0 Å². The van der Waals surface area contributed by atoms with Crippen molar-refractivity contribution in [3.8, 4) is 0 Å². The first-order valence-electron chi connectivity index (χ1n) is 5.13. The van der Waals surface area contributed by atoms with Crippen molar-refractivity contribution < 1.29 is 0 Å². The summed E-state index contributed by atoms with van der Waals surface area (Å²) in [7, 11) is 0. The first-order chi connectivity index (χ1) is 6.34. The number of hydrogen-bond acceptors (Lipinski definition) is 1. The molecule has 1 atom stereocenters. The molecule has 1 aliphatic heterocycles. The molecule has 1 saturated heterocycles. The van der Waals surface area contributed by atoms with E-state index in [0.29, 0.717) is 0 Å². The highest BCUT2D eigenvalue weighted by atomic mass is 14.9. The van der Waals surface area contributed by atoms with Gasteiger partial charge in [-0.1, -0.05) is 29.8 Å². The Bertz CT molecular complexity index is 257. The maximum absolute atomic E-state index is 3.52. The van der Waals surface area contributed by atoms with Gasteiger partial charge < -0.3 is 5.32 Å². The highest BCUT2D eigenvalue weighted by Gasteiger charge is 2.13. The molecule has 13 heavy (non-hydrogen) atoms. The molecule has 1 heteroatoms. The van der Waals surface area contributed by atoms with Crippen LogP contribution in [-0.4, -0.2) is 12.6 Å². The monoisotopic (exact) mass is 175 g/mol. The molecular weight excluding hydrogens is 158 g/mol. The van der Waals surface area contributed by atoms with Crippen LogP contribution in [0.3, 0.4) is 0 Å². The van der Waals surface area contributed by atoms with Gasteiger partial charge in [0.05, 0.1) is 0 Å². The largest absolute Gasteiger partial charge is 0.314 e. The smallest absolute Gasteiger partial charge is 0.0108 e. The Balaban J connectivity index is 1.97. The zero-order valence-corrected chi connectivity index (χ0v) is 8.22. The summed E-state index contributed by atoms with van der Waals surface area (Å²) in [6.45, 7) is 3.34. The lowest BCUT2D eigenvalue weighted by Gasteiger charge is -2.09. The van der Waals surface area contributed by atoms with Gasteiger partial charge >= 0.3 is 0 Å². The van der Waals surface area contributed by atoms with Gasteiger partial charge in [0.25, 0.3) is 0 Å². The molecule has 0 aliphatic carbocycles. The van der Waals surface area contributed by atoms with Crippen LogP contribution in [0.1, 0.15) is 24.0 Å². The van der Waals surface area contributed by atoms with Crippen LogP contribution in [0.15, 0.2) is 24.3 Å². The fourth-order valence-corrected chi connectivity index (χ4v) is 1.94. The van der Waals surface area contributed by atoms with Crippen LogP contribution < -0.4 is 5.32 Å². The van der Waals surface area contributed by atoms with E-state index < -0.39 is 0 Å². The maximum Gasteiger partial charge on any atom is 0.0108 e. The van der Waals surface area contributed by atoms with Gasteiger partial charge in [-0.15, -0.1) is 0 Å². The number of benzene rings is 1. The fourth-order valence-electron chi connectivity index (χ4n) is 1.94. The molecule has 1 aromatic carbocycles. The molecule has 0 spiro atoms. The summed E-state index contributed by atoms with van der Waals surface area (Å²) in [5, 5.41) is 3.52. The van der Waals surface area contributed by atoms with E-state index in [9.17, 15) is 0 Å². The Labute approximate surface area is 80.2 Å². The van der Waals surface area contributed by atoms with E-state index >= 15 is 0 Å². The fraction of sp³-hybridized carbons (Fsp3) is 0.500. The summed E-state index contributed by atoms with van der Waals surface area (Å²) in [4.78, 5) is 0. The summed E-state index contributed by atoms with van der Waals surface area (Å²) < 4.78 is 0. The van der Waals surface area contributed by atoms with Crippen molar-refractivity contribution in [3.05, 3.63) is 35.4 Å². The minimum absolute atomic E-state index is 0.725. The van der Waals surface area contributed by atoms with Crippen LogP contribution in [0.2, 0.25) is 0 Å². The van der Waals surface area contributed by atoms with Crippen molar-refractivity contribution >= 4 is 0 Å². The third kappa shape index (κ3) is 2.31. The Morgan fingerprint density at radius 3 is 2.69 bits per heavy atom. The number of nitrogens with one attached hydrogen (secondary N) is 1. The minimum Gasteiger partial charge on any atom is -0.314 e. The molecule has 1 nitrogen and oxygen atoms in total. The van der Waals surface area contributed by atoms with E-state index in [0.717, 1.165) is 6.04 Å². The topological polar surface area (TPSA) is 12.0 Å². The Hall–Kier alpha value is -0.820. The zero-order chi connectivity index (χ0) is 9.10. The van der Waals surface area contributed by atoms with Crippen LogP contribution in [0, 0.1) is 6.92 Å². The van der Waals surface area contributed by atoms with Gasteiger partial charge in [-0.25, -0.2) is 0 Å². The standard InChI is InChI=1S/C12H17N/c1-10-4-6-11(7-5-10)9-12-3-2-8-13-12/h4-7,12-13H,2-3,8-9H2,1H3/t12-/m1/s1. The maximum atomic E-state index is 3.52. The lowest BCUT2D eigenvalue weighted by Crippen LogP contribution is -2.23. The second kappa shape index (κ2) is 3.93. The number of hydrogen-bond donors (Lipinski definition) is 1. The van der Waals surface area contributed by atoms with Gasteiger partial charge in [-0.2, -0.15) is 0 Å². The molecule has 0 aromatic heterocycles. The van der Waals surface area contributed by atoms with Gasteiger partial charge in [0.1, 0.15) is 0 Å². The molecule has 0 unspecified atom stereocenters. The van der Waals surface area contributed by atoms with E-state index in [2.05, 4.69) is 36.5 Å². The third-order valence-electron chi connectivity index (χ3n) is 2.77. The predicted octanol–water partition coefficient (Wildman–Crippen LogP) is 2.29. The normalized spacial score (nSPS) is 22.1. The molecule has 70 valence electrons. The van der Waals surface area contributed by atoms with Crippen molar-refractivity contribution in [1.82, 2.24) is 5.32 Å². The van der Waals surface area contributed by atoms with Crippen molar-refractivity contribution in [2.24, 2.45) is 0 Å². The van der Waals surface area contributed by atoms with Crippen LogP contribution in [0.5, 0.6) is 0 Å². The third-order valence-corrected chi connectivity index (χ3v) is 2.77. The molecule has 1 N–H and O–H groups in total. The summed E-state index contributed by atoms with van der Waals surface area (Å²) in [5.41, 5.74) is 2.81. The molecular formula is C12H17N. The van der Waals surface area contributed by atoms with E-state index in [1.54, 1.807) is 0 Å². The first kappa shape index (κ1) is 8.76. The quantitative estimate of drug-likeness (QED) is 0.727. The van der Waals surface area contributed by atoms with E-state index in [4.69, 9.17) is 0 Å². The Morgan fingerprint density at radius 2 is 2.08 bits per heavy atom. The van der Waals surface area contributed by atoms with Gasteiger partial charge in [0.2, 0.25) is 0 Å². The molecule has 0 saturated carbocycles. The molecule has 2 rings (SSSR count). The Morgan fingerprint density at radius 1 is 1.31 bits per heavy atom. The SMILES string of the molecule is Cc1ccc(C[C@H]2CCCN2)cc1. The molecule has 1 aliphatic rings. The lowest BCUT2D eigenvalue weighted by atomic mass is 10.0. The van der Waals surface area contributed by atoms with Crippen molar-refractivity contribution in [1.29, 1.82) is 0 Å². The van der Waals surface area contributed by atoms with Crippen molar-refractivity contribution in [2.45, 2.75) is 32.2 Å². The highest BCUT2D eigenvalue weighted by molar-refractivity contribution is 5.22. The van der Waals surface area contributed by atoms with E-state index in [1.807, 2.05) is 0 Å². The van der Waals surface area contributed by atoms with Crippen LogP contribution in [0.4, 0.5) is 0 Å².